The fraction of sp³-hybridized carbons (Fsp3) is 0.280. The van der Waals surface area contributed by atoms with Crippen LogP contribution in [0.25, 0.3) is 0 Å². The first-order chi connectivity index (χ1) is 15.3. The molecule has 176 valence electrons. The Balaban J connectivity index is 1.92. The van der Waals surface area contributed by atoms with Gasteiger partial charge in [0.2, 0.25) is 0 Å². The molecule has 1 atom stereocenters. The van der Waals surface area contributed by atoms with Gasteiger partial charge < -0.3 is 4.74 Å². The standard InChI is InChI=1S/C25H26F2O4S2/c1-18-5-11-21(12-6-18)32(22-13-7-19(8-14-22)24(2,3)4)23-15-9-20(10-16-23)31-17-25(26,27)33(28,29)30/h5-16H,17H2,1-4H3/p+1. The fourth-order valence-electron chi connectivity index (χ4n) is 3.09. The van der Waals surface area contributed by atoms with Gasteiger partial charge in [-0.15, -0.1) is 0 Å². The van der Waals surface area contributed by atoms with E-state index in [2.05, 4.69) is 57.2 Å². The summed E-state index contributed by atoms with van der Waals surface area (Å²) < 4.78 is 62.0. The molecule has 4 nitrogen and oxygen atoms in total. The number of aryl methyl sites for hydroxylation is 1. The van der Waals surface area contributed by atoms with Crippen LogP contribution < -0.4 is 4.74 Å². The molecular weight excluding hydrogens is 466 g/mol. The second kappa shape index (κ2) is 9.44. The molecule has 0 bridgehead atoms. The molecule has 3 rings (SSSR count). The average molecular weight is 494 g/mol. The molecule has 0 saturated carbocycles. The molecule has 8 heteroatoms. The highest BCUT2D eigenvalue weighted by Gasteiger charge is 2.45. The molecule has 0 fully saturated rings. The molecule has 0 aliphatic carbocycles. The van der Waals surface area contributed by atoms with Gasteiger partial charge in [0.15, 0.2) is 21.3 Å². The van der Waals surface area contributed by atoms with Gasteiger partial charge in [-0.05, 0) is 66.4 Å². The van der Waals surface area contributed by atoms with Crippen LogP contribution in [0, 0.1) is 6.92 Å². The number of benzene rings is 3. The predicted molar refractivity (Wildman–Crippen MR) is 127 cm³/mol. The van der Waals surface area contributed by atoms with Crippen molar-refractivity contribution < 1.29 is 26.5 Å². The normalized spacial score (nSPS) is 13.5. The summed E-state index contributed by atoms with van der Waals surface area (Å²) in [6.45, 7) is 7.03. The summed E-state index contributed by atoms with van der Waals surface area (Å²) in [7, 11) is -5.98. The van der Waals surface area contributed by atoms with Gasteiger partial charge >= 0.3 is 15.4 Å². The summed E-state index contributed by atoms with van der Waals surface area (Å²) in [6, 6.07) is 23.3. The molecule has 0 aromatic heterocycles. The molecule has 0 radical (unpaired) electrons. The second-order valence-corrected chi connectivity index (χ2v) is 12.3. The molecule has 0 spiro atoms. The lowest BCUT2D eigenvalue weighted by atomic mass is 9.87. The summed E-state index contributed by atoms with van der Waals surface area (Å²) in [5, 5.41) is -4.38. The van der Waals surface area contributed by atoms with Gasteiger partial charge in [-0.2, -0.15) is 17.2 Å². The zero-order valence-corrected chi connectivity index (χ0v) is 20.5. The van der Waals surface area contributed by atoms with Gasteiger partial charge in [0.25, 0.3) is 0 Å². The van der Waals surface area contributed by atoms with Crippen LogP contribution in [0.2, 0.25) is 0 Å². The van der Waals surface area contributed by atoms with Crippen molar-refractivity contribution in [2.45, 2.75) is 53.1 Å². The van der Waals surface area contributed by atoms with Crippen molar-refractivity contribution in [3.63, 3.8) is 0 Å². The largest absolute Gasteiger partial charge is 0.486 e. The molecule has 0 aliphatic rings. The lowest BCUT2D eigenvalue weighted by Crippen LogP contribution is -2.34. The Labute approximate surface area is 196 Å². The molecule has 33 heavy (non-hydrogen) atoms. The Morgan fingerprint density at radius 2 is 1.24 bits per heavy atom. The van der Waals surface area contributed by atoms with Crippen LogP contribution in [0.3, 0.4) is 0 Å². The quantitative estimate of drug-likeness (QED) is 0.312. The topological polar surface area (TPSA) is 63.6 Å². The SMILES string of the molecule is Cc1ccc([S+](c2ccc(OCC(F)(F)S(=O)(=O)O)cc2)c2ccc(C(C)(C)C)cc2)cc1. The van der Waals surface area contributed by atoms with Crippen molar-refractivity contribution in [3.8, 4) is 5.75 Å². The Morgan fingerprint density at radius 3 is 1.67 bits per heavy atom. The van der Waals surface area contributed by atoms with E-state index in [0.29, 0.717) is 0 Å². The van der Waals surface area contributed by atoms with Gasteiger partial charge in [0.1, 0.15) is 5.75 Å². The average Bonchev–Trinajstić information content (AvgIpc) is 2.74. The summed E-state index contributed by atoms with van der Waals surface area (Å²) in [4.78, 5) is 3.17. The third-order valence-electron chi connectivity index (χ3n) is 5.06. The first-order valence-electron chi connectivity index (χ1n) is 10.3. The highest BCUT2D eigenvalue weighted by molar-refractivity contribution is 7.97. The van der Waals surface area contributed by atoms with E-state index in [0.717, 1.165) is 20.2 Å². The van der Waals surface area contributed by atoms with Crippen molar-refractivity contribution in [3.05, 3.63) is 83.9 Å². The van der Waals surface area contributed by atoms with E-state index in [1.54, 1.807) is 12.1 Å². The van der Waals surface area contributed by atoms with Crippen LogP contribution >= 0.6 is 0 Å². The molecule has 1 unspecified atom stereocenters. The summed E-state index contributed by atoms with van der Waals surface area (Å²) in [6.07, 6.45) is 0. The van der Waals surface area contributed by atoms with E-state index in [4.69, 9.17) is 9.29 Å². The van der Waals surface area contributed by atoms with Gasteiger partial charge in [0, 0.05) is 0 Å². The zero-order valence-electron chi connectivity index (χ0n) is 18.9. The van der Waals surface area contributed by atoms with Gasteiger partial charge in [-0.3, -0.25) is 4.55 Å². The van der Waals surface area contributed by atoms with Crippen molar-refractivity contribution in [1.29, 1.82) is 0 Å². The maximum Gasteiger partial charge on any atom is 0.402 e. The lowest BCUT2D eigenvalue weighted by molar-refractivity contribution is 0.0288. The van der Waals surface area contributed by atoms with Crippen LogP contribution in [0.4, 0.5) is 8.78 Å². The van der Waals surface area contributed by atoms with Crippen LogP contribution in [-0.4, -0.2) is 24.8 Å². The van der Waals surface area contributed by atoms with Crippen molar-refractivity contribution in [1.82, 2.24) is 0 Å². The molecular formula is C25H27F2O4S2+. The fourth-order valence-corrected chi connectivity index (χ4v) is 5.34. The lowest BCUT2D eigenvalue weighted by Gasteiger charge is -2.19. The first kappa shape index (κ1) is 25.2. The van der Waals surface area contributed by atoms with E-state index in [-0.39, 0.29) is 11.2 Å². The molecule has 0 heterocycles. The smallest absolute Gasteiger partial charge is 0.402 e. The van der Waals surface area contributed by atoms with Crippen LogP contribution in [-0.2, 0) is 26.4 Å². The molecule has 0 saturated heterocycles. The van der Waals surface area contributed by atoms with Crippen LogP contribution in [0.15, 0.2) is 87.5 Å². The minimum Gasteiger partial charge on any atom is -0.486 e. The third-order valence-corrected chi connectivity index (χ3v) is 8.16. The summed E-state index contributed by atoms with van der Waals surface area (Å²) in [5.41, 5.74) is 2.40. The van der Waals surface area contributed by atoms with Crippen molar-refractivity contribution >= 4 is 21.0 Å². The highest BCUT2D eigenvalue weighted by atomic mass is 32.2. The molecule has 3 aromatic carbocycles. The molecule has 1 N–H and O–H groups in total. The molecule has 0 aliphatic heterocycles. The Bertz CT molecular complexity index is 1180. The number of rotatable bonds is 7. The minimum atomic E-state index is -5.54. The Kier molecular flexibility index (Phi) is 7.21. The van der Waals surface area contributed by atoms with Crippen molar-refractivity contribution in [2.75, 3.05) is 6.61 Å². The number of alkyl halides is 2. The third kappa shape index (κ3) is 6.13. The molecule has 3 aromatic rings. The summed E-state index contributed by atoms with van der Waals surface area (Å²) in [5.74, 6) is 0.0811. The van der Waals surface area contributed by atoms with E-state index >= 15 is 0 Å². The number of halogens is 2. The van der Waals surface area contributed by atoms with Gasteiger partial charge in [-0.1, -0.05) is 50.6 Å². The van der Waals surface area contributed by atoms with Gasteiger partial charge in [0.05, 0.1) is 10.9 Å². The minimum absolute atomic E-state index is 0.0318. The maximum absolute atomic E-state index is 13.5. The summed E-state index contributed by atoms with van der Waals surface area (Å²) >= 11 is 0. The zero-order chi connectivity index (χ0) is 24.4. The van der Waals surface area contributed by atoms with E-state index in [1.165, 1.54) is 17.7 Å². The predicted octanol–water partition coefficient (Wildman–Crippen LogP) is 6.25. The second-order valence-electron chi connectivity index (χ2n) is 8.77. The highest BCUT2D eigenvalue weighted by Crippen LogP contribution is 2.34. The van der Waals surface area contributed by atoms with E-state index in [1.807, 2.05) is 19.1 Å². The number of hydrogen-bond donors (Lipinski definition) is 1. The van der Waals surface area contributed by atoms with Crippen molar-refractivity contribution in [2.24, 2.45) is 0 Å². The number of ether oxygens (including phenoxy) is 1. The molecule has 0 amide bonds. The van der Waals surface area contributed by atoms with Crippen LogP contribution in [0.5, 0.6) is 5.75 Å². The Morgan fingerprint density at radius 1 is 0.818 bits per heavy atom. The maximum atomic E-state index is 13.5. The van der Waals surface area contributed by atoms with E-state index < -0.39 is 32.9 Å². The Hall–Kier alpha value is -2.42. The number of hydrogen-bond acceptors (Lipinski definition) is 3. The van der Waals surface area contributed by atoms with Gasteiger partial charge in [-0.25, -0.2) is 0 Å². The first-order valence-corrected chi connectivity index (χ1v) is 12.9. The van der Waals surface area contributed by atoms with Crippen LogP contribution in [0.1, 0.15) is 31.9 Å². The van der Waals surface area contributed by atoms with E-state index in [9.17, 15) is 17.2 Å². The monoisotopic (exact) mass is 493 g/mol.